The minimum atomic E-state index is -0.722. The van der Waals surface area contributed by atoms with Gasteiger partial charge in [0.2, 0.25) is 0 Å². The smallest absolute Gasteiger partial charge is 0.187 e. The Kier molecular flexibility index (Phi) is 3.40. The van der Waals surface area contributed by atoms with Crippen molar-refractivity contribution in [3.05, 3.63) is 39.3 Å². The van der Waals surface area contributed by atoms with Crippen LogP contribution < -0.4 is 16.2 Å². The lowest BCUT2D eigenvalue weighted by atomic mass is 10.2. The average molecular weight is 273 g/mol. The third kappa shape index (κ3) is 2.45. The fourth-order valence-corrected chi connectivity index (χ4v) is 2.09. The lowest BCUT2D eigenvalue weighted by Crippen LogP contribution is -2.02. The van der Waals surface area contributed by atoms with E-state index in [1.54, 1.807) is 0 Å². The zero-order chi connectivity index (χ0) is 12.4. The lowest BCUT2D eigenvalue weighted by Gasteiger charge is -2.11. The van der Waals surface area contributed by atoms with Crippen molar-refractivity contribution in [2.75, 3.05) is 11.5 Å². The first-order chi connectivity index (χ1) is 8.09. The highest BCUT2D eigenvalue weighted by Crippen LogP contribution is 2.35. The molecule has 2 aromatic rings. The van der Waals surface area contributed by atoms with Crippen molar-refractivity contribution in [2.45, 2.75) is 6.61 Å². The number of thiophene rings is 1. The van der Waals surface area contributed by atoms with E-state index in [-0.39, 0.29) is 28.8 Å². The predicted molar refractivity (Wildman–Crippen MR) is 68.9 cm³/mol. The molecule has 0 fully saturated rings. The molecule has 0 aliphatic carbocycles. The normalized spacial score (nSPS) is 10.5. The fraction of sp³-hybridized carbons (Fsp3) is 0.0909. The Morgan fingerprint density at radius 1 is 1.35 bits per heavy atom. The molecule has 0 unspecified atom stereocenters. The SMILES string of the molecule is Nc1cc(N)c(OCc2cccs2)c(F)c1Cl. The molecule has 0 aliphatic rings. The topological polar surface area (TPSA) is 61.3 Å². The minimum absolute atomic E-state index is 0.0578. The van der Waals surface area contributed by atoms with Gasteiger partial charge < -0.3 is 16.2 Å². The summed E-state index contributed by atoms with van der Waals surface area (Å²) >= 11 is 7.20. The van der Waals surface area contributed by atoms with Crippen LogP contribution in [-0.2, 0) is 6.61 Å². The third-order valence-electron chi connectivity index (χ3n) is 2.16. The van der Waals surface area contributed by atoms with E-state index in [9.17, 15) is 4.39 Å². The summed E-state index contributed by atoms with van der Waals surface area (Å²) < 4.78 is 19.1. The zero-order valence-corrected chi connectivity index (χ0v) is 10.3. The highest BCUT2D eigenvalue weighted by Gasteiger charge is 2.15. The van der Waals surface area contributed by atoms with E-state index < -0.39 is 5.82 Å². The van der Waals surface area contributed by atoms with E-state index in [1.807, 2.05) is 17.5 Å². The number of hydrogen-bond donors (Lipinski definition) is 2. The van der Waals surface area contributed by atoms with Gasteiger partial charge in [-0.2, -0.15) is 0 Å². The van der Waals surface area contributed by atoms with Crippen molar-refractivity contribution >= 4 is 34.3 Å². The summed E-state index contributed by atoms with van der Waals surface area (Å²) in [5, 5.41) is 1.74. The Morgan fingerprint density at radius 2 is 2.12 bits per heavy atom. The molecule has 1 aromatic carbocycles. The molecule has 6 heteroatoms. The van der Waals surface area contributed by atoms with Crippen LogP contribution in [0.3, 0.4) is 0 Å². The van der Waals surface area contributed by atoms with Gasteiger partial charge in [0.05, 0.1) is 11.4 Å². The molecule has 0 bridgehead atoms. The zero-order valence-electron chi connectivity index (χ0n) is 8.74. The first kappa shape index (κ1) is 12.0. The number of anilines is 2. The molecule has 0 saturated carbocycles. The van der Waals surface area contributed by atoms with E-state index in [0.717, 1.165) is 4.88 Å². The van der Waals surface area contributed by atoms with Gasteiger partial charge in [-0.3, -0.25) is 0 Å². The highest BCUT2D eigenvalue weighted by molar-refractivity contribution is 7.09. The van der Waals surface area contributed by atoms with Crippen molar-refractivity contribution in [3.8, 4) is 5.75 Å². The average Bonchev–Trinajstić information content (AvgIpc) is 2.79. The number of halogens is 2. The Balaban J connectivity index is 2.24. The van der Waals surface area contributed by atoms with Crippen molar-refractivity contribution in [1.29, 1.82) is 0 Å². The first-order valence-corrected chi connectivity index (χ1v) is 6.03. The maximum atomic E-state index is 13.7. The van der Waals surface area contributed by atoms with Crippen LogP contribution in [0.15, 0.2) is 23.6 Å². The van der Waals surface area contributed by atoms with Gasteiger partial charge in [-0.15, -0.1) is 11.3 Å². The van der Waals surface area contributed by atoms with Gasteiger partial charge in [0.15, 0.2) is 11.6 Å². The summed E-state index contributed by atoms with van der Waals surface area (Å²) in [5.74, 6) is -0.779. The second-order valence-corrected chi connectivity index (χ2v) is 4.79. The van der Waals surface area contributed by atoms with Crippen LogP contribution >= 0.6 is 22.9 Å². The van der Waals surface area contributed by atoms with E-state index in [2.05, 4.69) is 0 Å². The molecule has 0 atom stereocenters. The third-order valence-corrected chi connectivity index (χ3v) is 3.39. The maximum Gasteiger partial charge on any atom is 0.187 e. The van der Waals surface area contributed by atoms with Crippen molar-refractivity contribution in [2.24, 2.45) is 0 Å². The summed E-state index contributed by atoms with van der Waals surface area (Å²) in [7, 11) is 0. The highest BCUT2D eigenvalue weighted by atomic mass is 35.5. The van der Waals surface area contributed by atoms with Crippen molar-refractivity contribution in [3.63, 3.8) is 0 Å². The fourth-order valence-electron chi connectivity index (χ4n) is 1.33. The molecule has 0 aliphatic heterocycles. The molecular weight excluding hydrogens is 263 g/mol. The van der Waals surface area contributed by atoms with Crippen LogP contribution in [0.5, 0.6) is 5.75 Å². The van der Waals surface area contributed by atoms with E-state index in [4.69, 9.17) is 27.8 Å². The van der Waals surface area contributed by atoms with Crippen LogP contribution in [0.1, 0.15) is 4.88 Å². The largest absolute Gasteiger partial charge is 0.483 e. The molecule has 1 heterocycles. The second kappa shape index (κ2) is 4.81. The molecule has 17 heavy (non-hydrogen) atoms. The van der Waals surface area contributed by atoms with Gasteiger partial charge in [0.1, 0.15) is 11.6 Å². The van der Waals surface area contributed by atoms with E-state index in [0.29, 0.717) is 0 Å². The van der Waals surface area contributed by atoms with Crippen LogP contribution in [0.2, 0.25) is 5.02 Å². The number of ether oxygens (including phenoxy) is 1. The molecule has 4 N–H and O–H groups in total. The molecule has 3 nitrogen and oxygen atoms in total. The van der Waals surface area contributed by atoms with E-state index >= 15 is 0 Å². The molecule has 90 valence electrons. The molecule has 0 saturated heterocycles. The van der Waals surface area contributed by atoms with Gasteiger partial charge in [0.25, 0.3) is 0 Å². The van der Waals surface area contributed by atoms with Crippen molar-refractivity contribution in [1.82, 2.24) is 0 Å². The Morgan fingerprint density at radius 3 is 2.76 bits per heavy atom. The van der Waals surface area contributed by atoms with Gasteiger partial charge >= 0.3 is 0 Å². The summed E-state index contributed by atoms with van der Waals surface area (Å²) in [4.78, 5) is 0.969. The van der Waals surface area contributed by atoms with Crippen LogP contribution in [0.25, 0.3) is 0 Å². The van der Waals surface area contributed by atoms with E-state index in [1.165, 1.54) is 17.4 Å². The molecular formula is C11H10ClFN2OS. The quantitative estimate of drug-likeness (QED) is 0.843. The summed E-state index contributed by atoms with van der Waals surface area (Å²) in [6.07, 6.45) is 0. The predicted octanol–water partition coefficient (Wildman–Crippen LogP) is 3.28. The van der Waals surface area contributed by atoms with Gasteiger partial charge in [-0.1, -0.05) is 17.7 Å². The number of nitrogen functional groups attached to an aromatic ring is 2. The second-order valence-electron chi connectivity index (χ2n) is 3.38. The summed E-state index contributed by atoms with van der Waals surface area (Å²) in [6.45, 7) is 0.249. The number of nitrogens with two attached hydrogens (primary N) is 2. The Hall–Kier alpha value is -1.46. The van der Waals surface area contributed by atoms with Crippen LogP contribution in [-0.4, -0.2) is 0 Å². The van der Waals surface area contributed by atoms with Crippen molar-refractivity contribution < 1.29 is 9.13 Å². The Bertz CT molecular complexity index is 531. The van der Waals surface area contributed by atoms with Gasteiger partial charge in [-0.05, 0) is 17.5 Å². The molecule has 0 spiro atoms. The molecule has 1 aromatic heterocycles. The van der Waals surface area contributed by atoms with Gasteiger partial charge in [-0.25, -0.2) is 4.39 Å². The number of hydrogen-bond acceptors (Lipinski definition) is 4. The molecule has 0 amide bonds. The van der Waals surface area contributed by atoms with Crippen LogP contribution in [0, 0.1) is 5.82 Å². The Labute approximate surface area is 107 Å². The van der Waals surface area contributed by atoms with Gasteiger partial charge in [0, 0.05) is 4.88 Å². The minimum Gasteiger partial charge on any atom is -0.483 e. The number of benzene rings is 1. The van der Waals surface area contributed by atoms with Crippen LogP contribution in [0.4, 0.5) is 15.8 Å². The molecule has 0 radical (unpaired) electrons. The lowest BCUT2D eigenvalue weighted by molar-refractivity contribution is 0.295. The summed E-state index contributed by atoms with van der Waals surface area (Å²) in [6, 6.07) is 5.16. The first-order valence-electron chi connectivity index (χ1n) is 4.77. The number of rotatable bonds is 3. The summed E-state index contributed by atoms with van der Waals surface area (Å²) in [5.41, 5.74) is 11.3. The monoisotopic (exact) mass is 272 g/mol. The maximum absolute atomic E-state index is 13.7. The standard InChI is InChI=1S/C11H10ClFN2OS/c12-9-7(14)4-8(15)11(10(9)13)16-5-6-2-1-3-17-6/h1-4H,5,14-15H2. The molecule has 2 rings (SSSR count).